The second-order valence-corrected chi connectivity index (χ2v) is 5.95. The third-order valence-electron chi connectivity index (χ3n) is 4.79. The van der Waals surface area contributed by atoms with Crippen molar-refractivity contribution >= 4 is 17.6 Å². The van der Waals surface area contributed by atoms with Crippen LogP contribution in [0.15, 0.2) is 36.4 Å². The summed E-state index contributed by atoms with van der Waals surface area (Å²) in [5.74, 6) is -2.51. The Labute approximate surface area is 121 Å². The summed E-state index contributed by atoms with van der Waals surface area (Å²) in [6.07, 6.45) is 3.18. The van der Waals surface area contributed by atoms with Gasteiger partial charge in [0.25, 0.3) is 0 Å². The largest absolute Gasteiger partial charge is 0.481 e. The Balaban J connectivity index is 1.78. The van der Waals surface area contributed by atoms with Gasteiger partial charge in [-0.2, -0.15) is 0 Å². The van der Waals surface area contributed by atoms with E-state index in [1.807, 2.05) is 37.3 Å². The van der Waals surface area contributed by atoms with Gasteiger partial charge in [0.2, 0.25) is 5.91 Å². The van der Waals surface area contributed by atoms with Gasteiger partial charge < -0.3 is 14.7 Å². The fourth-order valence-electron chi connectivity index (χ4n) is 3.85. The molecular weight excluding hydrogens is 270 g/mol. The Bertz CT molecular complexity index is 683. The number of hydrogen-bond acceptors (Lipinski definition) is 3. The van der Waals surface area contributed by atoms with Crippen molar-refractivity contribution in [3.8, 4) is 0 Å². The molecule has 2 fully saturated rings. The SMILES string of the molecule is Cc1ccccc1N1C[C@]23C=C[C@@H](O2)[C@H](C(=O)O)[C@@H]3C1=O. The Morgan fingerprint density at radius 2 is 2.19 bits per heavy atom. The van der Waals surface area contributed by atoms with E-state index in [-0.39, 0.29) is 5.91 Å². The number of fused-ring (bicyclic) bond motifs is 1. The molecule has 1 aromatic carbocycles. The van der Waals surface area contributed by atoms with E-state index in [2.05, 4.69) is 0 Å². The number of aryl methyl sites for hydroxylation is 1. The van der Waals surface area contributed by atoms with Gasteiger partial charge >= 0.3 is 5.97 Å². The van der Waals surface area contributed by atoms with E-state index >= 15 is 0 Å². The monoisotopic (exact) mass is 285 g/mol. The maximum atomic E-state index is 12.8. The second-order valence-electron chi connectivity index (χ2n) is 5.95. The summed E-state index contributed by atoms with van der Waals surface area (Å²) >= 11 is 0. The van der Waals surface area contributed by atoms with E-state index in [1.54, 1.807) is 11.0 Å². The average Bonchev–Trinajstić information content (AvgIpc) is 3.08. The van der Waals surface area contributed by atoms with Crippen LogP contribution in [-0.2, 0) is 14.3 Å². The molecule has 1 aromatic rings. The minimum atomic E-state index is -0.962. The lowest BCUT2D eigenvalue weighted by atomic mass is 9.77. The standard InChI is InChI=1S/C16H15NO4/c1-9-4-2-3-5-10(9)17-8-16-7-6-11(21-16)12(15(19)20)13(16)14(17)18/h2-7,11-13H,8H2,1H3,(H,19,20)/t11-,12+,13-,16+/m1/s1. The predicted molar refractivity (Wildman–Crippen MR) is 74.9 cm³/mol. The molecule has 0 radical (unpaired) electrons. The summed E-state index contributed by atoms with van der Waals surface area (Å²) in [7, 11) is 0. The van der Waals surface area contributed by atoms with Crippen LogP contribution in [0.5, 0.6) is 0 Å². The summed E-state index contributed by atoms with van der Waals surface area (Å²) in [4.78, 5) is 26.0. The number of para-hydroxylation sites is 1. The van der Waals surface area contributed by atoms with Crippen LogP contribution in [0.4, 0.5) is 5.69 Å². The first-order valence-electron chi connectivity index (χ1n) is 7.00. The molecule has 1 spiro atoms. The van der Waals surface area contributed by atoms with Gasteiger partial charge in [0.1, 0.15) is 11.5 Å². The molecule has 0 aromatic heterocycles. The molecule has 0 unspecified atom stereocenters. The first kappa shape index (κ1) is 12.6. The van der Waals surface area contributed by atoms with Crippen LogP contribution in [0, 0.1) is 18.8 Å². The van der Waals surface area contributed by atoms with Crippen LogP contribution >= 0.6 is 0 Å². The summed E-state index contributed by atoms with van der Waals surface area (Å²) in [6, 6.07) is 7.62. The van der Waals surface area contributed by atoms with Gasteiger partial charge in [-0.3, -0.25) is 9.59 Å². The normalized spacial score (nSPS) is 36.3. The number of carboxylic acid groups (broad SMARTS) is 1. The zero-order valence-corrected chi connectivity index (χ0v) is 11.5. The van der Waals surface area contributed by atoms with E-state index in [0.717, 1.165) is 11.3 Å². The van der Waals surface area contributed by atoms with E-state index in [0.29, 0.717) is 6.54 Å². The first-order chi connectivity index (χ1) is 10.0. The Kier molecular flexibility index (Phi) is 2.37. The van der Waals surface area contributed by atoms with E-state index in [9.17, 15) is 14.7 Å². The molecular formula is C16H15NO4. The molecule has 21 heavy (non-hydrogen) atoms. The van der Waals surface area contributed by atoms with Crippen molar-refractivity contribution < 1.29 is 19.4 Å². The number of amides is 1. The fourth-order valence-corrected chi connectivity index (χ4v) is 3.85. The molecule has 1 N–H and O–H groups in total. The smallest absolute Gasteiger partial charge is 0.310 e. The van der Waals surface area contributed by atoms with Gasteiger partial charge in [-0.05, 0) is 18.6 Å². The van der Waals surface area contributed by atoms with Crippen molar-refractivity contribution in [2.24, 2.45) is 11.8 Å². The minimum absolute atomic E-state index is 0.149. The van der Waals surface area contributed by atoms with Crippen molar-refractivity contribution in [1.82, 2.24) is 0 Å². The van der Waals surface area contributed by atoms with Crippen molar-refractivity contribution in [3.05, 3.63) is 42.0 Å². The number of nitrogens with zero attached hydrogens (tertiary/aromatic N) is 1. The third-order valence-corrected chi connectivity index (χ3v) is 4.79. The number of ether oxygens (including phenoxy) is 1. The van der Waals surface area contributed by atoms with Gasteiger partial charge in [0.05, 0.1) is 18.6 Å². The summed E-state index contributed by atoms with van der Waals surface area (Å²) in [6.45, 7) is 2.33. The summed E-state index contributed by atoms with van der Waals surface area (Å²) in [5.41, 5.74) is 1.05. The lowest BCUT2D eigenvalue weighted by Gasteiger charge is -2.22. The molecule has 0 saturated carbocycles. The van der Waals surface area contributed by atoms with Crippen LogP contribution in [0.25, 0.3) is 0 Å². The Morgan fingerprint density at radius 1 is 1.43 bits per heavy atom. The molecule has 3 aliphatic heterocycles. The summed E-state index contributed by atoms with van der Waals surface area (Å²) in [5, 5.41) is 9.42. The van der Waals surface area contributed by atoms with E-state index in [4.69, 9.17) is 4.74 Å². The molecule has 4 atom stereocenters. The molecule has 2 saturated heterocycles. The number of aliphatic carboxylic acids is 1. The Morgan fingerprint density at radius 3 is 2.90 bits per heavy atom. The lowest BCUT2D eigenvalue weighted by molar-refractivity contribution is -0.146. The van der Waals surface area contributed by atoms with E-state index in [1.165, 1.54) is 0 Å². The van der Waals surface area contributed by atoms with Gasteiger partial charge in [-0.25, -0.2) is 0 Å². The molecule has 3 aliphatic rings. The number of carboxylic acids is 1. The van der Waals surface area contributed by atoms with Gasteiger partial charge in [0.15, 0.2) is 0 Å². The van der Waals surface area contributed by atoms with Gasteiger partial charge in [-0.15, -0.1) is 0 Å². The molecule has 5 heteroatoms. The topological polar surface area (TPSA) is 66.8 Å². The second kappa shape index (κ2) is 3.95. The van der Waals surface area contributed by atoms with Crippen LogP contribution in [0.3, 0.4) is 0 Å². The molecule has 108 valence electrons. The quantitative estimate of drug-likeness (QED) is 0.833. The highest BCUT2D eigenvalue weighted by atomic mass is 16.5. The van der Waals surface area contributed by atoms with Gasteiger partial charge in [-0.1, -0.05) is 30.4 Å². The van der Waals surface area contributed by atoms with E-state index < -0.39 is 29.5 Å². The highest BCUT2D eigenvalue weighted by Crippen LogP contribution is 2.52. The molecule has 0 aliphatic carbocycles. The predicted octanol–water partition coefficient (Wildman–Crippen LogP) is 1.37. The zero-order valence-electron chi connectivity index (χ0n) is 11.5. The van der Waals surface area contributed by atoms with Crippen molar-refractivity contribution in [2.45, 2.75) is 18.6 Å². The maximum absolute atomic E-state index is 12.8. The van der Waals surface area contributed by atoms with Crippen LogP contribution < -0.4 is 4.90 Å². The fraction of sp³-hybridized carbons (Fsp3) is 0.375. The minimum Gasteiger partial charge on any atom is -0.481 e. The Hall–Kier alpha value is -2.14. The molecule has 4 rings (SSSR count). The average molecular weight is 285 g/mol. The highest BCUT2D eigenvalue weighted by Gasteiger charge is 2.67. The number of anilines is 1. The molecule has 2 bridgehead atoms. The highest BCUT2D eigenvalue weighted by molar-refractivity contribution is 6.02. The molecule has 3 heterocycles. The zero-order chi connectivity index (χ0) is 14.8. The molecule has 1 amide bonds. The van der Waals surface area contributed by atoms with Crippen LogP contribution in [-0.4, -0.2) is 35.2 Å². The van der Waals surface area contributed by atoms with Crippen molar-refractivity contribution in [2.75, 3.05) is 11.4 Å². The lowest BCUT2D eigenvalue weighted by Crippen LogP contribution is -2.39. The summed E-state index contributed by atoms with van der Waals surface area (Å²) < 4.78 is 5.87. The number of rotatable bonds is 2. The van der Waals surface area contributed by atoms with Crippen molar-refractivity contribution in [3.63, 3.8) is 0 Å². The maximum Gasteiger partial charge on any atom is 0.310 e. The number of carbonyl (C=O) groups is 2. The van der Waals surface area contributed by atoms with Gasteiger partial charge in [0, 0.05) is 5.69 Å². The third kappa shape index (κ3) is 1.49. The number of carbonyl (C=O) groups excluding carboxylic acids is 1. The number of hydrogen-bond donors (Lipinski definition) is 1. The van der Waals surface area contributed by atoms with Crippen LogP contribution in [0.2, 0.25) is 0 Å². The first-order valence-corrected chi connectivity index (χ1v) is 7.00. The number of benzene rings is 1. The van der Waals surface area contributed by atoms with Crippen LogP contribution in [0.1, 0.15) is 5.56 Å². The van der Waals surface area contributed by atoms with Crippen molar-refractivity contribution in [1.29, 1.82) is 0 Å². The molecule has 5 nitrogen and oxygen atoms in total.